The van der Waals surface area contributed by atoms with Gasteiger partial charge in [0.2, 0.25) is 0 Å². The Kier molecular flexibility index (Phi) is 6.38. The summed E-state index contributed by atoms with van der Waals surface area (Å²) in [7, 11) is 0. The van der Waals surface area contributed by atoms with Gasteiger partial charge in [0, 0.05) is 0 Å². The monoisotopic (exact) mass is 480 g/mol. The molecule has 4 aromatic carbocycles. The van der Waals surface area contributed by atoms with Gasteiger partial charge in [-0.05, 0) is 182 Å². The first-order valence-corrected chi connectivity index (χ1v) is 12.4. The molecule has 0 bridgehead atoms. The topological polar surface area (TPSA) is 60.7 Å². The van der Waals surface area contributed by atoms with Crippen molar-refractivity contribution in [2.24, 2.45) is 0 Å². The lowest BCUT2D eigenvalue weighted by molar-refractivity contribution is 0.466. The Morgan fingerprint density at radius 3 is 0.778 bits per heavy atom. The second kappa shape index (κ2) is 9.05. The molecule has 4 aromatic rings. The van der Waals surface area contributed by atoms with Crippen LogP contribution < -0.4 is 0 Å². The van der Waals surface area contributed by atoms with E-state index < -0.39 is 0 Å². The molecule has 0 fully saturated rings. The average molecular weight is 481 g/mol. The van der Waals surface area contributed by atoms with Gasteiger partial charge < -0.3 is 15.3 Å². The van der Waals surface area contributed by atoms with Crippen LogP contribution in [0.1, 0.15) is 50.1 Å². The second-order valence-corrected chi connectivity index (χ2v) is 10.3. The van der Waals surface area contributed by atoms with E-state index in [1.807, 2.05) is 41.5 Å². The number of phenolic OH excluding ortho intramolecular Hbond substituents is 3. The van der Waals surface area contributed by atoms with Crippen molar-refractivity contribution in [3.05, 3.63) is 86.5 Å². The number of rotatable bonds is 3. The average Bonchev–Trinajstić information content (AvgIpc) is 2.86. The smallest absolute Gasteiger partial charge is 0.121 e. The van der Waals surface area contributed by atoms with Gasteiger partial charge in [0.25, 0.3) is 0 Å². The van der Waals surface area contributed by atoms with E-state index in [4.69, 9.17) is 0 Å². The number of hydrogen-bond donors (Lipinski definition) is 3. The van der Waals surface area contributed by atoms with Crippen LogP contribution in [0.25, 0.3) is 33.4 Å². The number of aromatic hydroxyl groups is 3. The zero-order valence-corrected chi connectivity index (χ0v) is 22.8. The number of hydrogen-bond acceptors (Lipinski definition) is 3. The third-order valence-electron chi connectivity index (χ3n) is 8.03. The molecule has 0 radical (unpaired) electrons. The first-order valence-electron chi connectivity index (χ1n) is 12.4. The number of benzene rings is 4. The van der Waals surface area contributed by atoms with Gasteiger partial charge in [0.15, 0.2) is 0 Å². The molecular weight excluding hydrogens is 444 g/mol. The predicted octanol–water partition coefficient (Wildman–Crippen LogP) is 8.58. The lowest BCUT2D eigenvalue weighted by atomic mass is 9.85. The molecule has 0 saturated heterocycles. The summed E-state index contributed by atoms with van der Waals surface area (Å²) in [5.41, 5.74) is 14.8. The van der Waals surface area contributed by atoms with Gasteiger partial charge in [-0.15, -0.1) is 0 Å². The fourth-order valence-electron chi connectivity index (χ4n) is 5.20. The van der Waals surface area contributed by atoms with Crippen molar-refractivity contribution in [1.29, 1.82) is 0 Å². The second-order valence-electron chi connectivity index (χ2n) is 10.3. The summed E-state index contributed by atoms with van der Waals surface area (Å²) in [6, 6.07) is 12.8. The zero-order valence-electron chi connectivity index (χ0n) is 22.8. The van der Waals surface area contributed by atoms with E-state index in [1.165, 1.54) is 0 Å². The summed E-state index contributed by atoms with van der Waals surface area (Å²) in [5.74, 6) is 1.02. The zero-order chi connectivity index (χ0) is 26.6. The van der Waals surface area contributed by atoms with E-state index in [-0.39, 0.29) is 0 Å². The molecule has 0 spiro atoms. The Labute approximate surface area is 214 Å². The molecule has 0 unspecified atom stereocenters. The maximum absolute atomic E-state index is 10.5. The predicted molar refractivity (Wildman–Crippen MR) is 150 cm³/mol. The SMILES string of the molecule is Cc1cc(-c2cc(-c3cc(C)c(O)c(C)c3C)cc(-c3cc(C)c(O)c(C)c3C)c2)c(C)c(C)c1O. The quantitative estimate of drug-likeness (QED) is 0.275. The summed E-state index contributed by atoms with van der Waals surface area (Å²) in [4.78, 5) is 0. The van der Waals surface area contributed by atoms with Crippen molar-refractivity contribution in [3.8, 4) is 50.6 Å². The summed E-state index contributed by atoms with van der Waals surface area (Å²) >= 11 is 0. The van der Waals surface area contributed by atoms with Crippen LogP contribution >= 0.6 is 0 Å². The number of aryl methyl sites for hydroxylation is 3. The van der Waals surface area contributed by atoms with Crippen LogP contribution in [0.2, 0.25) is 0 Å². The molecule has 0 saturated carbocycles. The molecule has 4 rings (SSSR count). The minimum atomic E-state index is 0.342. The van der Waals surface area contributed by atoms with Crippen molar-refractivity contribution in [2.75, 3.05) is 0 Å². The third kappa shape index (κ3) is 4.03. The largest absolute Gasteiger partial charge is 0.507 e. The first-order chi connectivity index (χ1) is 16.8. The molecule has 36 heavy (non-hydrogen) atoms. The molecule has 0 aliphatic heterocycles. The van der Waals surface area contributed by atoms with Gasteiger partial charge in [-0.2, -0.15) is 0 Å². The van der Waals surface area contributed by atoms with E-state index in [1.54, 1.807) is 0 Å². The van der Waals surface area contributed by atoms with Crippen molar-refractivity contribution < 1.29 is 15.3 Å². The lowest BCUT2D eigenvalue weighted by Gasteiger charge is -2.20. The Morgan fingerprint density at radius 1 is 0.333 bits per heavy atom. The molecule has 3 heteroatoms. The molecule has 0 aromatic heterocycles. The maximum Gasteiger partial charge on any atom is 0.121 e. The van der Waals surface area contributed by atoms with Crippen LogP contribution in [0.4, 0.5) is 0 Å². The Hall–Kier alpha value is -3.72. The molecule has 3 N–H and O–H groups in total. The van der Waals surface area contributed by atoms with Crippen LogP contribution in [-0.2, 0) is 0 Å². The maximum atomic E-state index is 10.5. The minimum absolute atomic E-state index is 0.342. The fraction of sp³-hybridized carbons (Fsp3) is 0.273. The normalized spacial score (nSPS) is 11.2. The Balaban J connectivity index is 2.11. The van der Waals surface area contributed by atoms with Crippen molar-refractivity contribution in [3.63, 3.8) is 0 Å². The van der Waals surface area contributed by atoms with Gasteiger partial charge in [-0.3, -0.25) is 0 Å². The summed E-state index contributed by atoms with van der Waals surface area (Å²) in [6.45, 7) is 17.8. The Morgan fingerprint density at radius 2 is 0.556 bits per heavy atom. The van der Waals surface area contributed by atoms with Crippen LogP contribution in [0, 0.1) is 62.3 Å². The lowest BCUT2D eigenvalue weighted by Crippen LogP contribution is -1.96. The highest BCUT2D eigenvalue weighted by Crippen LogP contribution is 2.42. The molecule has 0 aliphatic rings. The minimum Gasteiger partial charge on any atom is -0.507 e. The van der Waals surface area contributed by atoms with E-state index in [0.717, 1.165) is 83.5 Å². The fourth-order valence-corrected chi connectivity index (χ4v) is 5.20. The van der Waals surface area contributed by atoms with Crippen LogP contribution in [-0.4, -0.2) is 15.3 Å². The van der Waals surface area contributed by atoms with Gasteiger partial charge in [0.05, 0.1) is 0 Å². The third-order valence-corrected chi connectivity index (χ3v) is 8.03. The van der Waals surface area contributed by atoms with Crippen LogP contribution in [0.15, 0.2) is 36.4 Å². The van der Waals surface area contributed by atoms with Crippen molar-refractivity contribution in [1.82, 2.24) is 0 Å². The van der Waals surface area contributed by atoms with E-state index >= 15 is 0 Å². The standard InChI is InChI=1S/C33H36O3/c1-16-10-28(19(4)22(7)31(16)34)25-13-26(29-11-17(2)32(35)23(8)20(29)5)15-27(14-25)30-12-18(3)33(36)24(9)21(30)6/h10-15,34-36H,1-9H3. The number of phenols is 3. The molecule has 0 aliphatic carbocycles. The van der Waals surface area contributed by atoms with Gasteiger partial charge in [-0.1, -0.05) is 0 Å². The van der Waals surface area contributed by atoms with Gasteiger partial charge >= 0.3 is 0 Å². The van der Waals surface area contributed by atoms with E-state index in [9.17, 15) is 15.3 Å². The van der Waals surface area contributed by atoms with Crippen LogP contribution in [0.5, 0.6) is 17.2 Å². The molecule has 0 atom stereocenters. The van der Waals surface area contributed by atoms with Crippen molar-refractivity contribution >= 4 is 0 Å². The molecule has 0 heterocycles. The highest BCUT2D eigenvalue weighted by atomic mass is 16.3. The summed E-state index contributed by atoms with van der Waals surface area (Å²) in [5, 5.41) is 31.6. The van der Waals surface area contributed by atoms with Gasteiger partial charge in [-0.25, -0.2) is 0 Å². The highest BCUT2D eigenvalue weighted by Gasteiger charge is 2.18. The van der Waals surface area contributed by atoms with Crippen molar-refractivity contribution in [2.45, 2.75) is 62.3 Å². The Bertz CT molecular complexity index is 1340. The van der Waals surface area contributed by atoms with E-state index in [2.05, 4.69) is 57.2 Å². The van der Waals surface area contributed by atoms with Gasteiger partial charge in [0.1, 0.15) is 17.2 Å². The van der Waals surface area contributed by atoms with Crippen LogP contribution in [0.3, 0.4) is 0 Å². The molecule has 186 valence electrons. The molecule has 3 nitrogen and oxygen atoms in total. The molecule has 0 amide bonds. The summed E-state index contributed by atoms with van der Waals surface area (Å²) < 4.78 is 0. The first kappa shape index (κ1) is 25.4. The van der Waals surface area contributed by atoms with E-state index in [0.29, 0.717) is 17.2 Å². The molecular formula is C33H36O3. The summed E-state index contributed by atoms with van der Waals surface area (Å²) in [6.07, 6.45) is 0. The highest BCUT2D eigenvalue weighted by molar-refractivity contribution is 5.86.